The monoisotopic (exact) mass is 175 g/mol. The molecule has 0 saturated carbocycles. The van der Waals surface area contributed by atoms with E-state index < -0.39 is 12.0 Å². The molecule has 0 bridgehead atoms. The zero-order valence-electron chi connectivity index (χ0n) is 8.03. The van der Waals surface area contributed by atoms with E-state index in [4.69, 9.17) is 10.5 Å². The van der Waals surface area contributed by atoms with Crippen molar-refractivity contribution in [3.63, 3.8) is 0 Å². The van der Waals surface area contributed by atoms with E-state index in [2.05, 4.69) is 4.74 Å². The van der Waals surface area contributed by atoms with Crippen molar-refractivity contribution in [1.29, 1.82) is 0 Å². The lowest BCUT2D eigenvalue weighted by Crippen LogP contribution is -2.43. The molecule has 2 unspecified atom stereocenters. The molecule has 2 N–H and O–H groups in total. The summed E-state index contributed by atoms with van der Waals surface area (Å²) in [5.74, 6) is -0.442. The highest BCUT2D eigenvalue weighted by Crippen LogP contribution is 2.01. The second kappa shape index (κ2) is 5.11. The molecule has 0 aromatic rings. The average molecular weight is 175 g/mol. The molecule has 0 aliphatic heterocycles. The summed E-state index contributed by atoms with van der Waals surface area (Å²) in [4.78, 5) is 10.9. The van der Waals surface area contributed by atoms with Crippen molar-refractivity contribution in [2.24, 2.45) is 5.73 Å². The lowest BCUT2D eigenvalue weighted by Gasteiger charge is -2.20. The van der Waals surface area contributed by atoms with Crippen LogP contribution in [0.4, 0.5) is 0 Å². The van der Waals surface area contributed by atoms with Gasteiger partial charge in [0.05, 0.1) is 19.3 Å². The van der Waals surface area contributed by atoms with Gasteiger partial charge in [-0.25, -0.2) is 0 Å². The molecule has 72 valence electrons. The Morgan fingerprint density at radius 2 is 1.83 bits per heavy atom. The average Bonchev–Trinajstić information content (AvgIpc) is 2.00. The number of hydrogen-bond donors (Lipinski definition) is 1. The van der Waals surface area contributed by atoms with Gasteiger partial charge in [-0.15, -0.1) is 0 Å². The third-order valence-electron chi connectivity index (χ3n) is 1.47. The van der Waals surface area contributed by atoms with Gasteiger partial charge in [-0.05, 0) is 20.8 Å². The van der Waals surface area contributed by atoms with Gasteiger partial charge in [-0.3, -0.25) is 4.79 Å². The van der Waals surface area contributed by atoms with Gasteiger partial charge in [0.2, 0.25) is 0 Å². The van der Waals surface area contributed by atoms with Crippen LogP contribution in [0, 0.1) is 0 Å². The van der Waals surface area contributed by atoms with E-state index in [-0.39, 0.29) is 12.2 Å². The summed E-state index contributed by atoms with van der Waals surface area (Å²) in [5.41, 5.74) is 5.52. The second-order valence-corrected chi connectivity index (χ2v) is 2.94. The Labute approximate surface area is 73.0 Å². The molecular weight excluding hydrogens is 158 g/mol. The molecule has 2 atom stereocenters. The molecule has 0 aromatic heterocycles. The molecule has 0 aliphatic carbocycles. The fourth-order valence-electron chi connectivity index (χ4n) is 0.842. The van der Waals surface area contributed by atoms with Crippen LogP contribution in [0.2, 0.25) is 0 Å². The molecule has 0 rings (SSSR count). The highest BCUT2D eigenvalue weighted by Gasteiger charge is 2.22. The largest absolute Gasteiger partial charge is 0.468 e. The Hall–Kier alpha value is -0.610. The predicted molar refractivity (Wildman–Crippen MR) is 45.7 cm³/mol. The van der Waals surface area contributed by atoms with Gasteiger partial charge in [0, 0.05) is 0 Å². The molecule has 0 spiro atoms. The van der Waals surface area contributed by atoms with Crippen molar-refractivity contribution in [1.82, 2.24) is 0 Å². The Morgan fingerprint density at radius 3 is 2.17 bits per heavy atom. The topological polar surface area (TPSA) is 61.5 Å². The SMILES string of the molecule is COC(=O)C(N)C(C)OC(C)C. The van der Waals surface area contributed by atoms with Crippen LogP contribution in [0.1, 0.15) is 20.8 Å². The normalized spacial score (nSPS) is 15.8. The van der Waals surface area contributed by atoms with Crippen molar-refractivity contribution >= 4 is 5.97 Å². The zero-order chi connectivity index (χ0) is 9.72. The van der Waals surface area contributed by atoms with E-state index in [1.54, 1.807) is 6.92 Å². The van der Waals surface area contributed by atoms with Gasteiger partial charge in [0.25, 0.3) is 0 Å². The summed E-state index contributed by atoms with van der Waals surface area (Å²) >= 11 is 0. The first-order valence-corrected chi connectivity index (χ1v) is 3.98. The number of carbonyl (C=O) groups excluding carboxylic acids is 1. The van der Waals surface area contributed by atoms with Crippen LogP contribution in [0.15, 0.2) is 0 Å². The summed E-state index contributed by atoms with van der Waals surface area (Å²) < 4.78 is 9.78. The van der Waals surface area contributed by atoms with Crippen molar-refractivity contribution in [3.8, 4) is 0 Å². The molecule has 0 aromatic carbocycles. The number of rotatable bonds is 4. The van der Waals surface area contributed by atoms with Gasteiger partial charge in [0.15, 0.2) is 0 Å². The first-order chi connectivity index (χ1) is 5.49. The lowest BCUT2D eigenvalue weighted by atomic mass is 10.2. The van der Waals surface area contributed by atoms with Gasteiger partial charge < -0.3 is 15.2 Å². The Kier molecular flexibility index (Phi) is 4.85. The van der Waals surface area contributed by atoms with Crippen LogP contribution >= 0.6 is 0 Å². The zero-order valence-corrected chi connectivity index (χ0v) is 8.03. The van der Waals surface area contributed by atoms with E-state index in [1.165, 1.54) is 7.11 Å². The van der Waals surface area contributed by atoms with Crippen LogP contribution in [0.25, 0.3) is 0 Å². The summed E-state index contributed by atoms with van der Waals surface area (Å²) in [6.45, 7) is 5.53. The van der Waals surface area contributed by atoms with E-state index in [0.717, 1.165) is 0 Å². The number of ether oxygens (including phenoxy) is 2. The molecule has 0 radical (unpaired) electrons. The molecule has 0 aliphatic rings. The maximum atomic E-state index is 10.9. The number of esters is 1. The number of methoxy groups -OCH3 is 1. The van der Waals surface area contributed by atoms with Gasteiger partial charge in [-0.2, -0.15) is 0 Å². The van der Waals surface area contributed by atoms with Gasteiger partial charge in [0.1, 0.15) is 6.04 Å². The lowest BCUT2D eigenvalue weighted by molar-refractivity contribution is -0.146. The summed E-state index contributed by atoms with van der Waals surface area (Å²) in [5, 5.41) is 0. The Morgan fingerprint density at radius 1 is 1.33 bits per heavy atom. The molecule has 4 heteroatoms. The highest BCUT2D eigenvalue weighted by atomic mass is 16.5. The standard InChI is InChI=1S/C8H17NO3/c1-5(2)12-6(3)7(9)8(10)11-4/h5-7H,9H2,1-4H3. The third kappa shape index (κ3) is 3.69. The number of hydrogen-bond acceptors (Lipinski definition) is 4. The maximum Gasteiger partial charge on any atom is 0.325 e. The minimum Gasteiger partial charge on any atom is -0.468 e. The van der Waals surface area contributed by atoms with Gasteiger partial charge in [-0.1, -0.05) is 0 Å². The van der Waals surface area contributed by atoms with Crippen molar-refractivity contribution in [2.75, 3.05) is 7.11 Å². The molecule has 4 nitrogen and oxygen atoms in total. The highest BCUT2D eigenvalue weighted by molar-refractivity contribution is 5.75. The summed E-state index contributed by atoms with van der Waals surface area (Å²) in [6, 6.07) is -0.697. The summed E-state index contributed by atoms with van der Waals surface area (Å²) in [7, 11) is 1.31. The van der Waals surface area contributed by atoms with Crippen molar-refractivity contribution in [2.45, 2.75) is 39.0 Å². The van der Waals surface area contributed by atoms with Crippen LogP contribution < -0.4 is 5.73 Å². The predicted octanol–water partition coefficient (Wildman–Crippen LogP) is 0.300. The second-order valence-electron chi connectivity index (χ2n) is 2.94. The van der Waals surface area contributed by atoms with Crippen LogP contribution in [0.5, 0.6) is 0 Å². The van der Waals surface area contributed by atoms with E-state index >= 15 is 0 Å². The van der Waals surface area contributed by atoms with E-state index in [9.17, 15) is 4.79 Å². The maximum absolute atomic E-state index is 10.9. The molecule has 12 heavy (non-hydrogen) atoms. The molecular formula is C8H17NO3. The van der Waals surface area contributed by atoms with E-state index in [1.807, 2.05) is 13.8 Å². The molecule has 0 heterocycles. The first kappa shape index (κ1) is 11.4. The van der Waals surface area contributed by atoms with Crippen LogP contribution in [0.3, 0.4) is 0 Å². The quantitative estimate of drug-likeness (QED) is 0.624. The Bertz CT molecular complexity index is 147. The van der Waals surface area contributed by atoms with E-state index in [0.29, 0.717) is 0 Å². The third-order valence-corrected chi connectivity index (χ3v) is 1.47. The van der Waals surface area contributed by atoms with Crippen LogP contribution in [-0.4, -0.2) is 31.3 Å². The minimum absolute atomic E-state index is 0.0655. The Balaban J connectivity index is 3.91. The minimum atomic E-state index is -0.697. The number of nitrogens with two attached hydrogens (primary N) is 1. The first-order valence-electron chi connectivity index (χ1n) is 3.98. The number of carbonyl (C=O) groups is 1. The summed E-state index contributed by atoms with van der Waals surface area (Å²) in [6.07, 6.45) is -0.242. The molecule has 0 fully saturated rings. The fourth-order valence-corrected chi connectivity index (χ4v) is 0.842. The molecule has 0 saturated heterocycles. The van der Waals surface area contributed by atoms with Crippen LogP contribution in [-0.2, 0) is 14.3 Å². The van der Waals surface area contributed by atoms with Crippen molar-refractivity contribution in [3.05, 3.63) is 0 Å². The van der Waals surface area contributed by atoms with Gasteiger partial charge >= 0.3 is 5.97 Å². The smallest absolute Gasteiger partial charge is 0.325 e. The van der Waals surface area contributed by atoms with Crippen molar-refractivity contribution < 1.29 is 14.3 Å². The fraction of sp³-hybridized carbons (Fsp3) is 0.875. The molecule has 0 amide bonds.